The van der Waals surface area contributed by atoms with Gasteiger partial charge < -0.3 is 10.6 Å². The number of halogens is 1. The molecular weight excluding hydrogens is 274 g/mol. The molecule has 0 aliphatic carbocycles. The Kier molecular flexibility index (Phi) is 9.43. The molecule has 5 heteroatoms. The van der Waals surface area contributed by atoms with E-state index in [-0.39, 0.29) is 18.3 Å². The molecule has 1 fully saturated rings. The molecule has 1 atom stereocenters. The van der Waals surface area contributed by atoms with Gasteiger partial charge in [-0.25, -0.2) is 0 Å². The summed E-state index contributed by atoms with van der Waals surface area (Å²) < 4.78 is 0. The maximum absolute atomic E-state index is 12.5. The molecule has 0 aromatic rings. The number of hydrogen-bond acceptors (Lipinski definition) is 3. The summed E-state index contributed by atoms with van der Waals surface area (Å²) in [5.74, 6) is 1.31. The Morgan fingerprint density at radius 2 is 1.80 bits per heavy atom. The topological polar surface area (TPSA) is 49.6 Å². The van der Waals surface area contributed by atoms with Crippen molar-refractivity contribution >= 4 is 18.3 Å². The average Bonchev–Trinajstić information content (AvgIpc) is 2.74. The first-order valence-electron chi connectivity index (χ1n) is 7.66. The maximum atomic E-state index is 12.5. The number of nitrogens with two attached hydrogens (primary N) is 1. The summed E-state index contributed by atoms with van der Waals surface area (Å²) >= 11 is 0. The van der Waals surface area contributed by atoms with Gasteiger partial charge >= 0.3 is 0 Å². The van der Waals surface area contributed by atoms with E-state index in [1.165, 1.54) is 6.42 Å². The van der Waals surface area contributed by atoms with Crippen molar-refractivity contribution in [2.45, 2.75) is 46.6 Å². The van der Waals surface area contributed by atoms with Crippen LogP contribution < -0.4 is 5.73 Å². The molecule has 0 radical (unpaired) electrons. The summed E-state index contributed by atoms with van der Waals surface area (Å²) in [4.78, 5) is 16.8. The first-order valence-corrected chi connectivity index (χ1v) is 7.66. The largest absolute Gasteiger partial charge is 0.341 e. The highest BCUT2D eigenvalue weighted by Crippen LogP contribution is 2.16. The summed E-state index contributed by atoms with van der Waals surface area (Å²) in [7, 11) is 0. The van der Waals surface area contributed by atoms with Crippen LogP contribution in [0.25, 0.3) is 0 Å². The number of hydrogen-bond donors (Lipinski definition) is 1. The monoisotopic (exact) mass is 305 g/mol. The van der Waals surface area contributed by atoms with Crippen LogP contribution in [-0.2, 0) is 4.79 Å². The molecule has 120 valence electrons. The van der Waals surface area contributed by atoms with Crippen molar-refractivity contribution in [3.8, 4) is 0 Å². The number of carbonyl (C=O) groups is 1. The molecule has 0 aromatic carbocycles. The predicted octanol–water partition coefficient (Wildman–Crippen LogP) is 1.97. The van der Waals surface area contributed by atoms with Gasteiger partial charge in [-0.3, -0.25) is 9.69 Å². The Labute approximate surface area is 130 Å². The van der Waals surface area contributed by atoms with Crippen molar-refractivity contribution in [3.05, 3.63) is 0 Å². The van der Waals surface area contributed by atoms with E-state index in [1.807, 2.05) is 4.90 Å². The van der Waals surface area contributed by atoms with Gasteiger partial charge in [0.1, 0.15) is 0 Å². The van der Waals surface area contributed by atoms with Crippen LogP contribution in [-0.4, -0.2) is 54.5 Å². The Morgan fingerprint density at radius 1 is 1.25 bits per heavy atom. The van der Waals surface area contributed by atoms with E-state index in [2.05, 4.69) is 32.6 Å². The fraction of sp³-hybridized carbons (Fsp3) is 0.933. The normalized spacial score (nSPS) is 19.4. The van der Waals surface area contributed by atoms with Crippen molar-refractivity contribution in [1.82, 2.24) is 9.80 Å². The molecule has 0 saturated carbocycles. The van der Waals surface area contributed by atoms with Crippen LogP contribution in [0.2, 0.25) is 0 Å². The number of carbonyl (C=O) groups excluding carboxylic acids is 1. The van der Waals surface area contributed by atoms with E-state index in [1.54, 1.807) is 0 Å². The van der Waals surface area contributed by atoms with Gasteiger partial charge in [-0.2, -0.15) is 0 Å². The van der Waals surface area contributed by atoms with E-state index in [0.717, 1.165) is 26.1 Å². The number of rotatable bonds is 7. The molecule has 0 bridgehead atoms. The smallest absolute Gasteiger partial charge is 0.236 e. The molecule has 0 aromatic heterocycles. The van der Waals surface area contributed by atoms with E-state index in [0.29, 0.717) is 31.0 Å². The average molecular weight is 306 g/mol. The van der Waals surface area contributed by atoms with E-state index in [4.69, 9.17) is 5.73 Å². The zero-order valence-corrected chi connectivity index (χ0v) is 14.3. The van der Waals surface area contributed by atoms with Crippen LogP contribution in [0.4, 0.5) is 0 Å². The highest BCUT2D eigenvalue weighted by molar-refractivity contribution is 5.85. The molecule has 1 saturated heterocycles. The van der Waals surface area contributed by atoms with Gasteiger partial charge in [0.05, 0.1) is 6.54 Å². The van der Waals surface area contributed by atoms with Gasteiger partial charge in [-0.05, 0) is 31.2 Å². The van der Waals surface area contributed by atoms with Crippen LogP contribution in [0.15, 0.2) is 0 Å². The molecule has 1 heterocycles. The molecule has 1 aliphatic rings. The Bertz CT molecular complexity index is 274. The fourth-order valence-electron chi connectivity index (χ4n) is 2.80. The van der Waals surface area contributed by atoms with Gasteiger partial charge in [-0.1, -0.05) is 27.7 Å². The molecule has 1 aliphatic heterocycles. The SMILES string of the molecule is CC(C)CN(CC(C)C)C(=O)CN1CCCC1CN.Cl. The lowest BCUT2D eigenvalue weighted by Gasteiger charge is -2.30. The second-order valence-corrected chi connectivity index (χ2v) is 6.59. The zero-order valence-electron chi connectivity index (χ0n) is 13.5. The molecule has 1 unspecified atom stereocenters. The molecule has 2 N–H and O–H groups in total. The van der Waals surface area contributed by atoms with Gasteiger partial charge in [0.15, 0.2) is 0 Å². The lowest BCUT2D eigenvalue weighted by molar-refractivity contribution is -0.133. The first-order chi connectivity index (χ1) is 8.93. The molecule has 1 rings (SSSR count). The van der Waals surface area contributed by atoms with Crippen molar-refractivity contribution in [1.29, 1.82) is 0 Å². The second-order valence-electron chi connectivity index (χ2n) is 6.59. The van der Waals surface area contributed by atoms with Crippen LogP contribution >= 0.6 is 12.4 Å². The third-order valence-corrected chi connectivity index (χ3v) is 3.63. The van der Waals surface area contributed by atoms with E-state index in [9.17, 15) is 4.79 Å². The maximum Gasteiger partial charge on any atom is 0.236 e. The van der Waals surface area contributed by atoms with E-state index >= 15 is 0 Å². The summed E-state index contributed by atoms with van der Waals surface area (Å²) in [6, 6.07) is 0.406. The minimum Gasteiger partial charge on any atom is -0.341 e. The summed E-state index contributed by atoms with van der Waals surface area (Å²) in [5.41, 5.74) is 5.77. The third kappa shape index (κ3) is 6.42. The van der Waals surface area contributed by atoms with Gasteiger partial charge in [-0.15, -0.1) is 12.4 Å². The minimum atomic E-state index is 0. The van der Waals surface area contributed by atoms with Crippen LogP contribution in [0.3, 0.4) is 0 Å². The zero-order chi connectivity index (χ0) is 14.4. The first kappa shape index (κ1) is 19.7. The number of nitrogens with zero attached hydrogens (tertiary/aromatic N) is 2. The minimum absolute atomic E-state index is 0. The van der Waals surface area contributed by atoms with Crippen LogP contribution in [0, 0.1) is 11.8 Å². The number of likely N-dealkylation sites (tertiary alicyclic amines) is 1. The summed E-state index contributed by atoms with van der Waals surface area (Å²) in [5, 5.41) is 0. The van der Waals surface area contributed by atoms with Gasteiger partial charge in [0, 0.05) is 25.7 Å². The molecule has 4 nitrogen and oxygen atoms in total. The second kappa shape index (κ2) is 9.59. The fourth-order valence-corrected chi connectivity index (χ4v) is 2.80. The Hall–Kier alpha value is -0.320. The standard InChI is InChI=1S/C15H31N3O.ClH/c1-12(2)9-18(10-13(3)4)15(19)11-17-7-5-6-14(17)8-16;/h12-14H,5-11,16H2,1-4H3;1H. The highest BCUT2D eigenvalue weighted by atomic mass is 35.5. The Morgan fingerprint density at radius 3 is 2.25 bits per heavy atom. The van der Waals surface area contributed by atoms with Crippen molar-refractivity contribution < 1.29 is 4.79 Å². The van der Waals surface area contributed by atoms with E-state index < -0.39 is 0 Å². The lowest BCUT2D eigenvalue weighted by atomic mass is 10.1. The van der Waals surface area contributed by atoms with Gasteiger partial charge in [0.2, 0.25) is 5.91 Å². The Balaban J connectivity index is 0.00000361. The van der Waals surface area contributed by atoms with Crippen LogP contribution in [0.5, 0.6) is 0 Å². The highest BCUT2D eigenvalue weighted by Gasteiger charge is 2.27. The quantitative estimate of drug-likeness (QED) is 0.782. The number of amides is 1. The van der Waals surface area contributed by atoms with Crippen LogP contribution in [0.1, 0.15) is 40.5 Å². The molecule has 20 heavy (non-hydrogen) atoms. The molecular formula is C15H32ClN3O. The summed E-state index contributed by atoms with van der Waals surface area (Å²) in [6.45, 7) is 12.6. The van der Waals surface area contributed by atoms with Gasteiger partial charge in [0.25, 0.3) is 0 Å². The predicted molar refractivity (Wildman–Crippen MR) is 87.2 cm³/mol. The third-order valence-electron chi connectivity index (χ3n) is 3.63. The molecule has 0 spiro atoms. The van der Waals surface area contributed by atoms with Crippen molar-refractivity contribution in [2.75, 3.05) is 32.7 Å². The lowest BCUT2D eigenvalue weighted by Crippen LogP contribution is -2.46. The van der Waals surface area contributed by atoms with Crippen molar-refractivity contribution in [2.24, 2.45) is 17.6 Å². The summed E-state index contributed by atoms with van der Waals surface area (Å²) in [6.07, 6.45) is 2.31. The molecule has 1 amide bonds. The van der Waals surface area contributed by atoms with Crippen molar-refractivity contribution in [3.63, 3.8) is 0 Å².